The van der Waals surface area contributed by atoms with Crippen LogP contribution >= 0.6 is 15.9 Å². The van der Waals surface area contributed by atoms with Gasteiger partial charge in [-0.3, -0.25) is 0 Å². The van der Waals surface area contributed by atoms with Crippen molar-refractivity contribution in [3.63, 3.8) is 0 Å². The summed E-state index contributed by atoms with van der Waals surface area (Å²) in [4.78, 5) is 23.1. The average molecular weight is 391 g/mol. The number of halogens is 1. The van der Waals surface area contributed by atoms with Crippen molar-refractivity contribution in [1.29, 1.82) is 0 Å². The molecular weight excluding hydrogens is 372 g/mol. The smallest absolute Gasteiger partial charge is 0.337 e. The van der Waals surface area contributed by atoms with E-state index < -0.39 is 0 Å². The topological polar surface area (TPSA) is 67.4 Å². The molecule has 0 radical (unpaired) electrons. The van der Waals surface area contributed by atoms with E-state index in [1.54, 1.807) is 24.3 Å². The second-order valence-electron chi connectivity index (χ2n) is 5.17. The van der Waals surface area contributed by atoms with Crippen LogP contribution in [0.2, 0.25) is 0 Å². The standard InChI is InChI=1S/C18H19BrN2O3/c1-24-17(22)15-6-2-14(3-7-15)12-21-18(23)20-11-10-13-4-8-16(19)9-5-13/h2-9H,10-12H2,1H3,(H2,20,21,23). The van der Waals surface area contributed by atoms with E-state index in [0.717, 1.165) is 22.0 Å². The van der Waals surface area contributed by atoms with Crippen molar-refractivity contribution in [2.24, 2.45) is 0 Å². The van der Waals surface area contributed by atoms with Gasteiger partial charge in [-0.05, 0) is 41.8 Å². The van der Waals surface area contributed by atoms with Gasteiger partial charge in [0.05, 0.1) is 12.7 Å². The van der Waals surface area contributed by atoms with Crippen LogP contribution < -0.4 is 10.6 Å². The summed E-state index contributed by atoms with van der Waals surface area (Å²) >= 11 is 3.39. The lowest BCUT2D eigenvalue weighted by Gasteiger charge is -2.08. The third-order valence-electron chi connectivity index (χ3n) is 3.44. The van der Waals surface area contributed by atoms with Gasteiger partial charge in [-0.1, -0.05) is 40.2 Å². The molecule has 126 valence electrons. The Morgan fingerprint density at radius 1 is 0.958 bits per heavy atom. The molecule has 0 atom stereocenters. The van der Waals surface area contributed by atoms with Crippen molar-refractivity contribution in [3.8, 4) is 0 Å². The molecule has 0 bridgehead atoms. The molecule has 0 aromatic heterocycles. The Morgan fingerprint density at radius 2 is 1.58 bits per heavy atom. The molecule has 0 aliphatic rings. The lowest BCUT2D eigenvalue weighted by Crippen LogP contribution is -2.36. The van der Waals surface area contributed by atoms with E-state index in [0.29, 0.717) is 18.7 Å². The van der Waals surface area contributed by atoms with Gasteiger partial charge in [-0.2, -0.15) is 0 Å². The number of benzene rings is 2. The molecule has 2 N–H and O–H groups in total. The lowest BCUT2D eigenvalue weighted by molar-refractivity contribution is 0.0600. The molecule has 2 aromatic carbocycles. The number of carbonyl (C=O) groups excluding carboxylic acids is 2. The van der Waals surface area contributed by atoms with Gasteiger partial charge in [0.25, 0.3) is 0 Å². The molecule has 2 amide bonds. The second-order valence-corrected chi connectivity index (χ2v) is 6.09. The van der Waals surface area contributed by atoms with Crippen LogP contribution in [-0.4, -0.2) is 25.7 Å². The zero-order valence-corrected chi connectivity index (χ0v) is 14.9. The van der Waals surface area contributed by atoms with E-state index in [-0.39, 0.29) is 12.0 Å². The Balaban J connectivity index is 1.71. The molecule has 0 aliphatic carbocycles. The number of nitrogens with one attached hydrogen (secondary N) is 2. The van der Waals surface area contributed by atoms with E-state index in [2.05, 4.69) is 31.3 Å². The van der Waals surface area contributed by atoms with Crippen molar-refractivity contribution >= 4 is 27.9 Å². The quantitative estimate of drug-likeness (QED) is 0.743. The minimum Gasteiger partial charge on any atom is -0.465 e. The van der Waals surface area contributed by atoms with Crippen molar-refractivity contribution in [1.82, 2.24) is 10.6 Å². The molecule has 0 unspecified atom stereocenters. The lowest BCUT2D eigenvalue weighted by atomic mass is 10.1. The fourth-order valence-electron chi connectivity index (χ4n) is 2.09. The number of hydrogen-bond donors (Lipinski definition) is 2. The summed E-state index contributed by atoms with van der Waals surface area (Å²) in [5.41, 5.74) is 2.56. The Morgan fingerprint density at radius 3 is 2.21 bits per heavy atom. The third kappa shape index (κ3) is 5.70. The van der Waals surface area contributed by atoms with E-state index in [1.165, 1.54) is 7.11 Å². The molecule has 0 saturated heterocycles. The van der Waals surface area contributed by atoms with Crippen molar-refractivity contribution in [3.05, 3.63) is 69.7 Å². The first-order chi connectivity index (χ1) is 11.6. The Hall–Kier alpha value is -2.34. The van der Waals surface area contributed by atoms with Gasteiger partial charge in [0.15, 0.2) is 0 Å². The number of hydrogen-bond acceptors (Lipinski definition) is 3. The first-order valence-corrected chi connectivity index (χ1v) is 8.31. The molecule has 2 rings (SSSR count). The summed E-state index contributed by atoms with van der Waals surface area (Å²) in [7, 11) is 1.34. The predicted molar refractivity (Wildman–Crippen MR) is 95.9 cm³/mol. The molecule has 0 spiro atoms. The van der Waals surface area contributed by atoms with Crippen LogP contribution in [0, 0.1) is 0 Å². The highest BCUT2D eigenvalue weighted by Crippen LogP contribution is 2.10. The summed E-state index contributed by atoms with van der Waals surface area (Å²) in [6, 6.07) is 14.7. The summed E-state index contributed by atoms with van der Waals surface area (Å²) in [5, 5.41) is 5.60. The summed E-state index contributed by atoms with van der Waals surface area (Å²) in [5.74, 6) is -0.375. The van der Waals surface area contributed by atoms with Gasteiger partial charge in [0, 0.05) is 17.6 Å². The maximum atomic E-state index is 11.8. The van der Waals surface area contributed by atoms with Gasteiger partial charge in [0.2, 0.25) is 0 Å². The fraction of sp³-hybridized carbons (Fsp3) is 0.222. The first kappa shape index (κ1) is 18.0. The van der Waals surface area contributed by atoms with Crippen molar-refractivity contribution < 1.29 is 14.3 Å². The van der Waals surface area contributed by atoms with Crippen LogP contribution in [0.5, 0.6) is 0 Å². The normalized spacial score (nSPS) is 10.1. The minimum atomic E-state index is -0.375. The average Bonchev–Trinajstić information content (AvgIpc) is 2.61. The maximum absolute atomic E-state index is 11.8. The Kier molecular flexibility index (Phi) is 6.81. The fourth-order valence-corrected chi connectivity index (χ4v) is 2.36. The SMILES string of the molecule is COC(=O)c1ccc(CNC(=O)NCCc2ccc(Br)cc2)cc1. The minimum absolute atomic E-state index is 0.218. The second kappa shape index (κ2) is 9.08. The van der Waals surface area contributed by atoms with Gasteiger partial charge in [-0.25, -0.2) is 9.59 Å². The van der Waals surface area contributed by atoms with Crippen LogP contribution in [0.1, 0.15) is 21.5 Å². The molecule has 0 fully saturated rings. The molecule has 5 nitrogen and oxygen atoms in total. The van der Waals surface area contributed by atoms with E-state index in [4.69, 9.17) is 0 Å². The molecule has 0 saturated carbocycles. The molecule has 0 heterocycles. The van der Waals surface area contributed by atoms with Gasteiger partial charge in [-0.15, -0.1) is 0 Å². The zero-order valence-electron chi connectivity index (χ0n) is 13.3. The maximum Gasteiger partial charge on any atom is 0.337 e. The van der Waals surface area contributed by atoms with E-state index >= 15 is 0 Å². The third-order valence-corrected chi connectivity index (χ3v) is 3.97. The summed E-state index contributed by atoms with van der Waals surface area (Å²) in [6.45, 7) is 0.959. The van der Waals surface area contributed by atoms with Gasteiger partial charge >= 0.3 is 12.0 Å². The number of ether oxygens (including phenoxy) is 1. The zero-order chi connectivity index (χ0) is 17.4. The highest BCUT2D eigenvalue weighted by Gasteiger charge is 2.05. The van der Waals surface area contributed by atoms with E-state index in [1.807, 2.05) is 24.3 Å². The predicted octanol–water partition coefficient (Wildman–Crippen LogP) is 3.28. The molecular formula is C18H19BrN2O3. The molecule has 24 heavy (non-hydrogen) atoms. The van der Waals surface area contributed by atoms with Crippen LogP contribution in [0.4, 0.5) is 4.79 Å². The number of urea groups is 1. The Labute approximate surface area is 149 Å². The molecule has 0 aliphatic heterocycles. The first-order valence-electron chi connectivity index (χ1n) is 7.52. The van der Waals surface area contributed by atoms with E-state index in [9.17, 15) is 9.59 Å². The van der Waals surface area contributed by atoms with Crippen LogP contribution in [0.25, 0.3) is 0 Å². The molecule has 6 heteroatoms. The summed E-state index contributed by atoms with van der Waals surface area (Å²) in [6.07, 6.45) is 0.772. The number of esters is 1. The Bertz CT molecular complexity index is 684. The monoisotopic (exact) mass is 390 g/mol. The van der Waals surface area contributed by atoms with Crippen molar-refractivity contribution in [2.75, 3.05) is 13.7 Å². The number of carbonyl (C=O) groups is 2. The van der Waals surface area contributed by atoms with Crippen LogP contribution in [-0.2, 0) is 17.7 Å². The highest BCUT2D eigenvalue weighted by molar-refractivity contribution is 9.10. The largest absolute Gasteiger partial charge is 0.465 e. The highest BCUT2D eigenvalue weighted by atomic mass is 79.9. The number of rotatable bonds is 6. The van der Waals surface area contributed by atoms with Gasteiger partial charge in [0.1, 0.15) is 0 Å². The summed E-state index contributed by atoms with van der Waals surface area (Å²) < 4.78 is 5.68. The van der Waals surface area contributed by atoms with Gasteiger partial charge < -0.3 is 15.4 Å². The number of methoxy groups -OCH3 is 1. The number of amides is 2. The van der Waals surface area contributed by atoms with Crippen LogP contribution in [0.15, 0.2) is 53.0 Å². The van der Waals surface area contributed by atoms with Crippen LogP contribution in [0.3, 0.4) is 0 Å². The molecule has 2 aromatic rings. The van der Waals surface area contributed by atoms with Crippen molar-refractivity contribution in [2.45, 2.75) is 13.0 Å².